The minimum Gasteiger partial charge on any atom is -0.469 e. The first-order chi connectivity index (χ1) is 20.9. The number of allylic oxidation sites excluding steroid dienone is 2. The van der Waals surface area contributed by atoms with Crippen LogP contribution in [0.3, 0.4) is 0 Å². The van der Waals surface area contributed by atoms with Gasteiger partial charge in [-0.1, -0.05) is 89.3 Å². The highest BCUT2D eigenvalue weighted by Crippen LogP contribution is 2.75. The van der Waals surface area contributed by atoms with Crippen molar-refractivity contribution >= 4 is 51.9 Å². The summed E-state index contributed by atoms with van der Waals surface area (Å²) in [5, 5.41) is 4.47. The lowest BCUT2D eigenvalue weighted by molar-refractivity contribution is -0.181. The zero-order valence-electron chi connectivity index (χ0n) is 28.5. The van der Waals surface area contributed by atoms with Crippen LogP contribution in [0.15, 0.2) is 16.8 Å². The van der Waals surface area contributed by atoms with E-state index in [0.29, 0.717) is 16.2 Å². The fraction of sp³-hybridized carbons (Fsp3) is 0.806. The van der Waals surface area contributed by atoms with Crippen molar-refractivity contribution in [3.8, 4) is 0 Å². The van der Waals surface area contributed by atoms with Crippen LogP contribution in [-0.2, 0) is 24.0 Å². The van der Waals surface area contributed by atoms with Crippen LogP contribution in [0.2, 0.25) is 0 Å². The summed E-state index contributed by atoms with van der Waals surface area (Å²) < 4.78 is 5.95. The second-order valence-electron chi connectivity index (χ2n) is 17.1. The number of ether oxygens (including phenoxy) is 1. The molecule has 7 atom stereocenters. The highest BCUT2D eigenvalue weighted by molar-refractivity contribution is 8.23. The van der Waals surface area contributed by atoms with Crippen molar-refractivity contribution < 1.29 is 24.0 Å². The van der Waals surface area contributed by atoms with Crippen molar-refractivity contribution in [2.24, 2.45) is 55.4 Å². The number of amides is 1. The lowest BCUT2D eigenvalue weighted by Crippen LogP contribution is -2.64. The molecule has 6 aliphatic rings. The zero-order chi connectivity index (χ0) is 32.8. The van der Waals surface area contributed by atoms with Crippen LogP contribution in [-0.4, -0.2) is 52.2 Å². The maximum atomic E-state index is 13.5. The number of nitrogens with zero attached hydrogens (tertiary/aromatic N) is 2. The van der Waals surface area contributed by atoms with Gasteiger partial charge in [0.05, 0.1) is 24.0 Å². The summed E-state index contributed by atoms with van der Waals surface area (Å²) in [4.78, 5) is 45.0. The predicted octanol–water partition coefficient (Wildman–Crippen LogP) is 7.72. The molecule has 45 heavy (non-hydrogen) atoms. The Morgan fingerprint density at radius 3 is 2.40 bits per heavy atom. The third-order valence-corrected chi connectivity index (χ3v) is 15.8. The molecule has 0 N–H and O–H groups in total. The maximum Gasteiger partial charge on any atom is 0.354 e. The average molecular weight is 657 g/mol. The molecule has 1 heterocycles. The van der Waals surface area contributed by atoms with Crippen molar-refractivity contribution in [2.45, 2.75) is 113 Å². The van der Waals surface area contributed by atoms with Crippen molar-refractivity contribution in [3.05, 3.63) is 11.6 Å². The van der Waals surface area contributed by atoms with Gasteiger partial charge in [-0.15, -0.1) is 0 Å². The van der Waals surface area contributed by atoms with Gasteiger partial charge < -0.3 is 9.57 Å². The molecule has 7 nitrogen and oxygen atoms in total. The number of fused-ring (bicyclic) bond motifs is 7. The Morgan fingerprint density at radius 2 is 1.73 bits per heavy atom. The Morgan fingerprint density at radius 1 is 1.02 bits per heavy atom. The van der Waals surface area contributed by atoms with E-state index in [0.717, 1.165) is 69.9 Å². The average Bonchev–Trinajstić information content (AvgIpc) is 3.28. The molecule has 5 fully saturated rings. The first kappa shape index (κ1) is 33.2. The molecule has 0 aromatic heterocycles. The number of hydrogen-bond donors (Lipinski definition) is 0. The third-order valence-electron chi connectivity index (χ3n) is 14.4. The number of carbonyl (C=O) groups excluding carboxylic acids is 3. The minimum atomic E-state index is -0.551. The lowest BCUT2D eigenvalue weighted by Gasteiger charge is -2.70. The predicted molar refractivity (Wildman–Crippen MR) is 181 cm³/mol. The van der Waals surface area contributed by atoms with Crippen molar-refractivity contribution in [1.82, 2.24) is 4.90 Å². The van der Waals surface area contributed by atoms with Crippen LogP contribution in [0.5, 0.6) is 0 Å². The van der Waals surface area contributed by atoms with E-state index in [9.17, 15) is 14.4 Å². The van der Waals surface area contributed by atoms with Gasteiger partial charge >= 0.3 is 11.9 Å². The molecule has 5 aliphatic carbocycles. The largest absolute Gasteiger partial charge is 0.469 e. The molecule has 0 bridgehead atoms. The number of oxime groups is 1. The van der Waals surface area contributed by atoms with E-state index < -0.39 is 5.97 Å². The maximum absolute atomic E-state index is 13.5. The van der Waals surface area contributed by atoms with Crippen LogP contribution in [0.4, 0.5) is 0 Å². The van der Waals surface area contributed by atoms with Crippen LogP contribution in [0.25, 0.3) is 0 Å². The second-order valence-corrected chi connectivity index (χ2v) is 18.7. The van der Waals surface area contributed by atoms with Crippen molar-refractivity contribution in [1.29, 1.82) is 0 Å². The molecule has 1 amide bonds. The molecule has 1 saturated heterocycles. The summed E-state index contributed by atoms with van der Waals surface area (Å²) in [5.41, 5.74) is 2.36. The lowest BCUT2D eigenvalue weighted by atomic mass is 9.33. The molecule has 248 valence electrons. The summed E-state index contributed by atoms with van der Waals surface area (Å²) in [5.74, 6) is 0.735. The van der Waals surface area contributed by atoms with Gasteiger partial charge in [-0.2, -0.15) is 0 Å². The molecule has 9 heteroatoms. The fourth-order valence-corrected chi connectivity index (χ4v) is 12.7. The number of hydrogen-bond acceptors (Lipinski definition) is 8. The van der Waals surface area contributed by atoms with E-state index in [4.69, 9.17) is 21.8 Å². The zero-order valence-corrected chi connectivity index (χ0v) is 30.2. The van der Waals surface area contributed by atoms with E-state index in [1.807, 2.05) is 0 Å². The van der Waals surface area contributed by atoms with E-state index in [2.05, 4.69) is 59.7 Å². The first-order valence-corrected chi connectivity index (χ1v) is 18.4. The second kappa shape index (κ2) is 10.9. The minimum absolute atomic E-state index is 0.00377. The molecule has 0 spiro atoms. The monoisotopic (exact) mass is 656 g/mol. The van der Waals surface area contributed by atoms with Crippen molar-refractivity contribution in [3.63, 3.8) is 0 Å². The summed E-state index contributed by atoms with van der Waals surface area (Å²) in [6.07, 6.45) is 12.6. The van der Waals surface area contributed by atoms with Gasteiger partial charge in [0.2, 0.25) is 5.91 Å². The molecule has 1 aliphatic heterocycles. The van der Waals surface area contributed by atoms with Gasteiger partial charge in [0.15, 0.2) is 0 Å². The number of thiocarbonyl (C=S) groups is 1. The number of rotatable bonds is 4. The normalized spacial score (nSPS) is 42.6. The SMILES string of the molecule is COC(=O)[C@]12CCC(C)(C)CC1C1=CCC3[C@@]4(C)CC/C(=N\OC(=O)CN5C(=O)CSC5=S)C(C)(C)C4CC[C@@]3(C)[C@]1(C)CC2. The highest BCUT2D eigenvalue weighted by atomic mass is 32.2. The molecule has 0 radical (unpaired) electrons. The van der Waals surface area contributed by atoms with E-state index in [-0.39, 0.29) is 62.6 Å². The van der Waals surface area contributed by atoms with Gasteiger partial charge in [-0.05, 0) is 104 Å². The van der Waals surface area contributed by atoms with Gasteiger partial charge in [-0.25, -0.2) is 4.79 Å². The Bertz CT molecular complexity index is 1370. The Hall–Kier alpha value is -1.74. The standard InChI is InChI=1S/C36H52N2O5S2/c1-31(2)15-17-36(29(41)42-8)18-16-34(6)22(23(36)19-31)9-10-25-33(5)13-12-26(32(3,4)24(33)11-14-35(25,34)7)37-43-28(40)20-38-27(39)21-45-30(38)44/h9,23-25H,10-21H2,1-8H3/b37-26+/t23?,24?,25?,33-,34+,35+,36-/m0/s1. The summed E-state index contributed by atoms with van der Waals surface area (Å²) >= 11 is 6.49. The van der Waals surface area contributed by atoms with Crippen molar-refractivity contribution in [2.75, 3.05) is 19.4 Å². The number of methoxy groups -OCH3 is 1. The van der Waals surface area contributed by atoms with Crippen LogP contribution >= 0.6 is 24.0 Å². The Kier molecular flexibility index (Phi) is 8.03. The van der Waals surface area contributed by atoms with E-state index >= 15 is 0 Å². The number of esters is 1. The smallest absolute Gasteiger partial charge is 0.354 e. The molecule has 0 aromatic carbocycles. The quantitative estimate of drug-likeness (QED) is 0.101. The number of carbonyl (C=O) groups is 3. The first-order valence-electron chi connectivity index (χ1n) is 17.0. The molecular formula is C36H52N2O5S2. The molecule has 4 saturated carbocycles. The Labute approximate surface area is 279 Å². The topological polar surface area (TPSA) is 85.3 Å². The van der Waals surface area contributed by atoms with Crippen LogP contribution in [0.1, 0.15) is 113 Å². The number of thioether (sulfide) groups is 1. The fourth-order valence-electron chi connectivity index (χ4n) is 11.6. The van der Waals surface area contributed by atoms with Crippen LogP contribution < -0.4 is 0 Å². The summed E-state index contributed by atoms with van der Waals surface area (Å²) in [6.45, 7) is 16.8. The molecule has 0 aromatic rings. The van der Waals surface area contributed by atoms with Gasteiger partial charge in [-0.3, -0.25) is 14.5 Å². The van der Waals surface area contributed by atoms with Gasteiger partial charge in [0.1, 0.15) is 10.9 Å². The van der Waals surface area contributed by atoms with E-state index in [1.165, 1.54) is 16.7 Å². The van der Waals surface area contributed by atoms with Gasteiger partial charge in [0.25, 0.3) is 0 Å². The molecule has 3 unspecified atom stereocenters. The Balaban J connectivity index is 1.27. The third kappa shape index (κ3) is 4.82. The summed E-state index contributed by atoms with van der Waals surface area (Å²) in [7, 11) is 1.57. The molecule has 6 rings (SSSR count). The summed E-state index contributed by atoms with van der Waals surface area (Å²) in [6, 6.07) is 0. The van der Waals surface area contributed by atoms with E-state index in [1.54, 1.807) is 12.7 Å². The van der Waals surface area contributed by atoms with Gasteiger partial charge in [0, 0.05) is 5.41 Å². The molecular weight excluding hydrogens is 605 g/mol. The highest BCUT2D eigenvalue weighted by Gasteiger charge is 2.69. The van der Waals surface area contributed by atoms with Crippen LogP contribution in [0, 0.1) is 50.2 Å².